The van der Waals surface area contributed by atoms with Gasteiger partial charge in [-0.1, -0.05) is 36.4 Å². The van der Waals surface area contributed by atoms with Crippen molar-refractivity contribution in [1.82, 2.24) is 5.32 Å². The molecule has 0 spiro atoms. The molecule has 3 aromatic rings. The summed E-state index contributed by atoms with van der Waals surface area (Å²) in [5, 5.41) is 5.83. The zero-order valence-electron chi connectivity index (χ0n) is 21.2. The Balaban J connectivity index is 1.72. The zero-order chi connectivity index (χ0) is 26.3. The first-order valence-electron chi connectivity index (χ1n) is 11.6. The largest absolute Gasteiger partial charge is 0.495 e. The van der Waals surface area contributed by atoms with Crippen molar-refractivity contribution in [2.45, 2.75) is 38.2 Å². The number of carbonyl (C=O) groups is 1. The molecular formula is C27H33N3O5S. The van der Waals surface area contributed by atoms with E-state index in [1.165, 1.54) is 7.11 Å². The van der Waals surface area contributed by atoms with Gasteiger partial charge in [0.15, 0.2) is 0 Å². The maximum Gasteiger partial charge on any atom is 0.407 e. The number of rotatable bonds is 9. The van der Waals surface area contributed by atoms with Crippen molar-refractivity contribution in [3.63, 3.8) is 0 Å². The SMILES string of the molecule is COc1ccc(-c2ccccc2C)cc1S(=O)(=O)Nc1cccc(NCCNC(=O)OC(C)(C)C)c1. The van der Waals surface area contributed by atoms with Crippen molar-refractivity contribution >= 4 is 27.5 Å². The number of alkyl carbamates (subject to hydrolysis) is 1. The van der Waals surface area contributed by atoms with E-state index < -0.39 is 21.7 Å². The molecule has 0 aromatic heterocycles. The van der Waals surface area contributed by atoms with Gasteiger partial charge in [0.05, 0.1) is 12.8 Å². The third-order valence-corrected chi connectivity index (χ3v) is 6.55. The Morgan fingerprint density at radius 2 is 1.64 bits per heavy atom. The average Bonchev–Trinajstić information content (AvgIpc) is 2.81. The van der Waals surface area contributed by atoms with E-state index in [1.807, 2.05) is 43.3 Å². The van der Waals surface area contributed by atoms with Crippen LogP contribution in [0.2, 0.25) is 0 Å². The molecule has 9 heteroatoms. The summed E-state index contributed by atoms with van der Waals surface area (Å²) < 4.78 is 39.9. The van der Waals surface area contributed by atoms with E-state index in [9.17, 15) is 13.2 Å². The van der Waals surface area contributed by atoms with Crippen LogP contribution in [0.3, 0.4) is 0 Å². The normalized spacial score (nSPS) is 11.5. The minimum Gasteiger partial charge on any atom is -0.495 e. The molecule has 0 saturated carbocycles. The van der Waals surface area contributed by atoms with Crippen LogP contribution in [0.4, 0.5) is 16.2 Å². The van der Waals surface area contributed by atoms with Crippen molar-refractivity contribution < 1.29 is 22.7 Å². The molecule has 0 aliphatic carbocycles. The average molecular weight is 512 g/mol. The van der Waals surface area contributed by atoms with Gasteiger partial charge in [-0.15, -0.1) is 0 Å². The standard InChI is InChI=1S/C27H33N3O5S/c1-19-9-6-7-12-23(19)20-13-14-24(34-5)25(17-20)36(32,33)30-22-11-8-10-21(18-22)28-15-16-29-26(31)35-27(2,3)4/h6-14,17-18,28,30H,15-16H2,1-5H3,(H,29,31). The Bertz CT molecular complexity index is 1320. The van der Waals surface area contributed by atoms with Gasteiger partial charge in [-0.25, -0.2) is 13.2 Å². The van der Waals surface area contributed by atoms with E-state index in [1.54, 1.807) is 51.1 Å². The summed E-state index contributed by atoms with van der Waals surface area (Å²) in [6, 6.07) is 19.8. The van der Waals surface area contributed by atoms with Crippen molar-refractivity contribution in [1.29, 1.82) is 0 Å². The highest BCUT2D eigenvalue weighted by Gasteiger charge is 2.21. The molecule has 0 atom stereocenters. The summed E-state index contributed by atoms with van der Waals surface area (Å²) in [4.78, 5) is 11.8. The number of ether oxygens (including phenoxy) is 2. The summed E-state index contributed by atoms with van der Waals surface area (Å²) >= 11 is 0. The summed E-state index contributed by atoms with van der Waals surface area (Å²) in [7, 11) is -2.50. The molecule has 8 nitrogen and oxygen atoms in total. The van der Waals surface area contributed by atoms with Crippen LogP contribution in [0, 0.1) is 6.92 Å². The summed E-state index contributed by atoms with van der Waals surface area (Å²) in [5.74, 6) is 0.252. The highest BCUT2D eigenvalue weighted by Crippen LogP contribution is 2.32. The molecule has 3 aromatic carbocycles. The highest BCUT2D eigenvalue weighted by molar-refractivity contribution is 7.92. The van der Waals surface area contributed by atoms with Crippen LogP contribution in [0.5, 0.6) is 5.75 Å². The van der Waals surface area contributed by atoms with E-state index in [0.29, 0.717) is 24.5 Å². The number of nitrogens with one attached hydrogen (secondary N) is 3. The van der Waals surface area contributed by atoms with Gasteiger partial charge in [-0.3, -0.25) is 4.72 Å². The lowest BCUT2D eigenvalue weighted by atomic mass is 10.0. The lowest BCUT2D eigenvalue weighted by Gasteiger charge is -2.19. The van der Waals surface area contributed by atoms with Crippen molar-refractivity contribution in [3.05, 3.63) is 72.3 Å². The third kappa shape index (κ3) is 7.39. The molecule has 3 N–H and O–H groups in total. The Hall–Kier alpha value is -3.72. The first-order valence-corrected chi connectivity index (χ1v) is 13.0. The van der Waals surface area contributed by atoms with Crippen LogP contribution in [0.1, 0.15) is 26.3 Å². The molecule has 0 aliphatic rings. The number of carbonyl (C=O) groups excluding carboxylic acids is 1. The smallest absolute Gasteiger partial charge is 0.407 e. The molecule has 36 heavy (non-hydrogen) atoms. The van der Waals surface area contributed by atoms with E-state index in [4.69, 9.17) is 9.47 Å². The van der Waals surface area contributed by atoms with Crippen LogP contribution in [0.15, 0.2) is 71.6 Å². The predicted molar refractivity (Wildman–Crippen MR) is 143 cm³/mol. The van der Waals surface area contributed by atoms with Crippen LogP contribution in [-0.2, 0) is 14.8 Å². The minimum atomic E-state index is -3.95. The molecule has 3 rings (SSSR count). The van der Waals surface area contributed by atoms with Crippen LogP contribution < -0.4 is 20.1 Å². The number of aryl methyl sites for hydroxylation is 1. The summed E-state index contributed by atoms with van der Waals surface area (Å²) in [6.07, 6.45) is -0.493. The number of benzene rings is 3. The Labute approximate surface area is 213 Å². The molecule has 0 fully saturated rings. The van der Waals surface area contributed by atoms with Crippen LogP contribution in [0.25, 0.3) is 11.1 Å². The van der Waals surface area contributed by atoms with Crippen molar-refractivity contribution in [2.75, 3.05) is 30.2 Å². The van der Waals surface area contributed by atoms with Crippen LogP contribution >= 0.6 is 0 Å². The van der Waals surface area contributed by atoms with E-state index in [0.717, 1.165) is 16.7 Å². The second-order valence-corrected chi connectivity index (χ2v) is 10.9. The van der Waals surface area contributed by atoms with Gasteiger partial charge >= 0.3 is 6.09 Å². The highest BCUT2D eigenvalue weighted by atomic mass is 32.2. The molecule has 0 bridgehead atoms. The Kier molecular flexibility index (Phi) is 8.47. The number of anilines is 2. The minimum absolute atomic E-state index is 0.0469. The number of amides is 1. The van der Waals surface area contributed by atoms with Crippen molar-refractivity contribution in [2.24, 2.45) is 0 Å². The zero-order valence-corrected chi connectivity index (χ0v) is 22.0. The number of hydrogen-bond donors (Lipinski definition) is 3. The molecule has 1 amide bonds. The number of hydrogen-bond acceptors (Lipinski definition) is 6. The molecule has 0 radical (unpaired) electrons. The maximum absolute atomic E-state index is 13.3. The van der Waals surface area contributed by atoms with Gasteiger partial charge < -0.3 is 20.1 Å². The first kappa shape index (κ1) is 26.9. The number of sulfonamides is 1. The quantitative estimate of drug-likeness (QED) is 0.332. The van der Waals surface area contributed by atoms with E-state index in [2.05, 4.69) is 15.4 Å². The predicted octanol–water partition coefficient (Wildman–Crippen LogP) is 5.41. The van der Waals surface area contributed by atoms with Gasteiger partial charge in [0, 0.05) is 18.8 Å². The van der Waals surface area contributed by atoms with E-state index in [-0.39, 0.29) is 10.6 Å². The van der Waals surface area contributed by atoms with E-state index >= 15 is 0 Å². The number of methoxy groups -OCH3 is 1. The van der Waals surface area contributed by atoms with Crippen molar-refractivity contribution in [3.8, 4) is 16.9 Å². The van der Waals surface area contributed by atoms with Gasteiger partial charge in [-0.05, 0) is 74.7 Å². The first-order chi connectivity index (χ1) is 17.0. The van der Waals surface area contributed by atoms with Gasteiger partial charge in [0.2, 0.25) is 0 Å². The maximum atomic E-state index is 13.3. The fourth-order valence-electron chi connectivity index (χ4n) is 3.54. The monoisotopic (exact) mass is 511 g/mol. The lowest BCUT2D eigenvalue weighted by molar-refractivity contribution is 0.0530. The van der Waals surface area contributed by atoms with Crippen LogP contribution in [-0.4, -0.2) is 40.3 Å². The topological polar surface area (TPSA) is 106 Å². The second kappa shape index (κ2) is 11.3. The molecule has 0 aliphatic heterocycles. The molecule has 0 unspecified atom stereocenters. The Morgan fingerprint density at radius 3 is 2.33 bits per heavy atom. The molecular weight excluding hydrogens is 478 g/mol. The second-order valence-electron chi connectivity index (χ2n) is 9.22. The molecule has 0 heterocycles. The summed E-state index contributed by atoms with van der Waals surface area (Å²) in [5.41, 5.74) is 3.29. The Morgan fingerprint density at radius 1 is 0.917 bits per heavy atom. The van der Waals surface area contributed by atoms with Gasteiger partial charge in [0.25, 0.3) is 10.0 Å². The third-order valence-electron chi connectivity index (χ3n) is 5.15. The lowest BCUT2D eigenvalue weighted by Crippen LogP contribution is -2.34. The fraction of sp³-hybridized carbons (Fsp3) is 0.296. The van der Waals surface area contributed by atoms with Gasteiger partial charge in [-0.2, -0.15) is 0 Å². The van der Waals surface area contributed by atoms with Gasteiger partial charge in [0.1, 0.15) is 16.2 Å². The molecule has 192 valence electrons. The summed E-state index contributed by atoms with van der Waals surface area (Å²) in [6.45, 7) is 8.15. The molecule has 0 saturated heterocycles. The fourth-order valence-corrected chi connectivity index (χ4v) is 4.78.